The smallest absolute Gasteiger partial charge is 0.123 e. The van der Waals surface area contributed by atoms with E-state index in [0.717, 1.165) is 10.8 Å². The number of hydrogen-bond acceptors (Lipinski definition) is 0. The molecule has 4 aromatic rings. The van der Waals surface area contributed by atoms with Crippen molar-refractivity contribution in [1.82, 2.24) is 0 Å². The minimum Gasteiger partial charge on any atom is -0.207 e. The molecule has 0 aliphatic rings. The second-order valence-corrected chi connectivity index (χ2v) is 9.77. The van der Waals surface area contributed by atoms with E-state index in [1.165, 1.54) is 28.0 Å². The van der Waals surface area contributed by atoms with Gasteiger partial charge in [0.05, 0.1) is 0 Å². The second kappa shape index (κ2) is 7.99. The van der Waals surface area contributed by atoms with Crippen molar-refractivity contribution >= 4 is 21.5 Å². The quantitative estimate of drug-likeness (QED) is 0.284. The zero-order valence-electron chi connectivity index (χ0n) is 18.4. The largest absolute Gasteiger partial charge is 0.207 e. The van der Waals surface area contributed by atoms with E-state index in [2.05, 4.69) is 96.1 Å². The first kappa shape index (κ1) is 21.0. The van der Waals surface area contributed by atoms with Crippen molar-refractivity contribution in [2.24, 2.45) is 0 Å². The summed E-state index contributed by atoms with van der Waals surface area (Å²) < 4.78 is 13.0. The number of rotatable bonds is 0. The normalized spacial score (nSPS) is 12.0. The third-order valence-electron chi connectivity index (χ3n) is 5.28. The Hall–Kier alpha value is -2.67. The number of hydrogen-bond donors (Lipinski definition) is 0. The molecule has 0 bridgehead atoms. The molecular formula is C28H31F. The first-order valence-corrected chi connectivity index (χ1v) is 10.2. The Morgan fingerprint density at radius 1 is 0.483 bits per heavy atom. The Morgan fingerprint density at radius 3 is 1.45 bits per heavy atom. The Balaban J connectivity index is 0.000000166. The molecule has 4 aromatic carbocycles. The van der Waals surface area contributed by atoms with Crippen molar-refractivity contribution in [2.45, 2.75) is 52.4 Å². The molecule has 0 aliphatic carbocycles. The molecule has 0 nitrogen and oxygen atoms in total. The molecule has 4 rings (SSSR count). The average Bonchev–Trinajstić information content (AvgIpc) is 2.66. The van der Waals surface area contributed by atoms with E-state index in [-0.39, 0.29) is 16.6 Å². The molecule has 0 saturated heterocycles. The van der Waals surface area contributed by atoms with Crippen LogP contribution in [0.15, 0.2) is 78.9 Å². The van der Waals surface area contributed by atoms with Gasteiger partial charge in [-0.25, -0.2) is 4.39 Å². The van der Waals surface area contributed by atoms with Crippen LogP contribution in [0, 0.1) is 5.82 Å². The summed E-state index contributed by atoms with van der Waals surface area (Å²) in [6.07, 6.45) is 0. The van der Waals surface area contributed by atoms with Gasteiger partial charge in [0.25, 0.3) is 0 Å². The molecule has 1 heteroatoms. The summed E-state index contributed by atoms with van der Waals surface area (Å²) in [5, 5.41) is 4.72. The Bertz CT molecular complexity index is 1120. The van der Waals surface area contributed by atoms with Crippen molar-refractivity contribution in [2.75, 3.05) is 0 Å². The minimum atomic E-state index is -0.175. The lowest BCUT2D eigenvalue weighted by Crippen LogP contribution is -2.10. The van der Waals surface area contributed by atoms with Crippen LogP contribution in [0.1, 0.15) is 52.7 Å². The summed E-state index contributed by atoms with van der Waals surface area (Å²) in [7, 11) is 0. The van der Waals surface area contributed by atoms with Gasteiger partial charge in [-0.2, -0.15) is 0 Å². The fourth-order valence-electron chi connectivity index (χ4n) is 3.34. The van der Waals surface area contributed by atoms with Crippen LogP contribution in [0.2, 0.25) is 0 Å². The van der Waals surface area contributed by atoms with E-state index in [1.54, 1.807) is 6.07 Å². The average molecular weight is 387 g/mol. The van der Waals surface area contributed by atoms with Crippen LogP contribution in [0.25, 0.3) is 21.5 Å². The molecule has 0 atom stereocenters. The molecule has 0 N–H and O–H groups in total. The van der Waals surface area contributed by atoms with Gasteiger partial charge in [-0.05, 0) is 55.6 Å². The van der Waals surface area contributed by atoms with Crippen molar-refractivity contribution in [3.8, 4) is 0 Å². The highest BCUT2D eigenvalue weighted by molar-refractivity contribution is 5.84. The van der Waals surface area contributed by atoms with Crippen molar-refractivity contribution in [1.29, 1.82) is 0 Å². The number of fused-ring (bicyclic) bond motifs is 2. The molecule has 0 heterocycles. The van der Waals surface area contributed by atoms with Gasteiger partial charge in [0.1, 0.15) is 5.82 Å². The molecular weight excluding hydrogens is 355 g/mol. The highest BCUT2D eigenvalue weighted by Gasteiger charge is 2.14. The fraction of sp³-hybridized carbons (Fsp3) is 0.286. The third-order valence-corrected chi connectivity index (χ3v) is 5.28. The van der Waals surface area contributed by atoms with Crippen LogP contribution in [-0.2, 0) is 10.8 Å². The Labute approximate surface area is 174 Å². The van der Waals surface area contributed by atoms with Crippen LogP contribution >= 0.6 is 0 Å². The second-order valence-electron chi connectivity index (χ2n) is 9.77. The van der Waals surface area contributed by atoms with Gasteiger partial charge in [0.15, 0.2) is 0 Å². The zero-order valence-corrected chi connectivity index (χ0v) is 18.4. The maximum Gasteiger partial charge on any atom is 0.123 e. The van der Waals surface area contributed by atoms with Crippen molar-refractivity contribution in [3.05, 3.63) is 95.8 Å². The fourth-order valence-corrected chi connectivity index (χ4v) is 3.34. The highest BCUT2D eigenvalue weighted by Crippen LogP contribution is 2.27. The summed E-state index contributed by atoms with van der Waals surface area (Å²) >= 11 is 0. The molecule has 0 aliphatic heterocycles. The topological polar surface area (TPSA) is 0 Å². The molecule has 0 amide bonds. The highest BCUT2D eigenvalue weighted by atomic mass is 19.1. The van der Waals surface area contributed by atoms with Gasteiger partial charge in [0, 0.05) is 0 Å². The van der Waals surface area contributed by atoms with Gasteiger partial charge in [-0.15, -0.1) is 0 Å². The Morgan fingerprint density at radius 2 is 0.897 bits per heavy atom. The lowest BCUT2D eigenvalue weighted by atomic mass is 9.86. The Kier molecular flexibility index (Phi) is 5.80. The van der Waals surface area contributed by atoms with Crippen LogP contribution in [0.4, 0.5) is 4.39 Å². The third kappa shape index (κ3) is 5.23. The molecule has 150 valence electrons. The predicted molar refractivity (Wildman–Crippen MR) is 125 cm³/mol. The monoisotopic (exact) mass is 386 g/mol. The predicted octanol–water partition coefficient (Wildman–Crippen LogP) is 8.41. The molecule has 0 spiro atoms. The van der Waals surface area contributed by atoms with Crippen molar-refractivity contribution in [3.63, 3.8) is 0 Å². The van der Waals surface area contributed by atoms with E-state index >= 15 is 0 Å². The molecule has 0 fully saturated rings. The number of halogens is 1. The summed E-state index contributed by atoms with van der Waals surface area (Å²) in [6, 6.07) is 26.3. The van der Waals surface area contributed by atoms with Gasteiger partial charge >= 0.3 is 0 Å². The van der Waals surface area contributed by atoms with E-state index < -0.39 is 0 Å². The van der Waals surface area contributed by atoms with Gasteiger partial charge in [-0.1, -0.05) is 108 Å². The summed E-state index contributed by atoms with van der Waals surface area (Å²) in [4.78, 5) is 0. The lowest BCUT2D eigenvalue weighted by molar-refractivity contribution is 0.591. The maximum absolute atomic E-state index is 13.0. The van der Waals surface area contributed by atoms with Gasteiger partial charge in [0.2, 0.25) is 0 Å². The molecule has 29 heavy (non-hydrogen) atoms. The standard InChI is InChI=1S/C14H15F.C14H16/c1-14(2,3)12-6-4-11-9-13(15)7-5-10(11)8-12;1-14(2,3)13-9-8-11-6-4-5-7-12(11)10-13/h4-9H,1-3H3;4-10H,1-3H3. The molecule has 0 aromatic heterocycles. The first-order chi connectivity index (χ1) is 13.5. The van der Waals surface area contributed by atoms with E-state index in [1.807, 2.05) is 12.1 Å². The molecule has 0 radical (unpaired) electrons. The molecule has 0 unspecified atom stereocenters. The minimum absolute atomic E-state index is 0.141. The maximum atomic E-state index is 13.0. The zero-order chi connectivity index (χ0) is 21.2. The van der Waals surface area contributed by atoms with E-state index in [4.69, 9.17) is 0 Å². The van der Waals surface area contributed by atoms with Crippen LogP contribution in [0.5, 0.6) is 0 Å². The van der Waals surface area contributed by atoms with Crippen LogP contribution < -0.4 is 0 Å². The molecule has 0 saturated carbocycles. The number of benzene rings is 4. The van der Waals surface area contributed by atoms with E-state index in [9.17, 15) is 4.39 Å². The first-order valence-electron chi connectivity index (χ1n) is 10.2. The van der Waals surface area contributed by atoms with Gasteiger partial charge < -0.3 is 0 Å². The summed E-state index contributed by atoms with van der Waals surface area (Å²) in [6.45, 7) is 13.3. The summed E-state index contributed by atoms with van der Waals surface area (Å²) in [5.41, 5.74) is 3.06. The van der Waals surface area contributed by atoms with Crippen molar-refractivity contribution < 1.29 is 4.39 Å². The van der Waals surface area contributed by atoms with Crippen LogP contribution in [-0.4, -0.2) is 0 Å². The van der Waals surface area contributed by atoms with E-state index in [0.29, 0.717) is 0 Å². The SMILES string of the molecule is CC(C)(C)c1ccc2cc(F)ccc2c1.CC(C)(C)c1ccc2ccccc2c1. The lowest BCUT2D eigenvalue weighted by Gasteiger charge is -2.19. The van der Waals surface area contributed by atoms with Crippen LogP contribution in [0.3, 0.4) is 0 Å². The van der Waals surface area contributed by atoms with Gasteiger partial charge in [-0.3, -0.25) is 0 Å². The summed E-state index contributed by atoms with van der Waals surface area (Å²) in [5.74, 6) is -0.175.